The fraction of sp³-hybridized carbons (Fsp3) is 0.318. The molecule has 0 bridgehead atoms. The molecule has 0 aliphatic rings. The largest absolute Gasteiger partial charge is 0.494 e. The lowest BCUT2D eigenvalue weighted by atomic mass is 10.1. The lowest BCUT2D eigenvalue weighted by Gasteiger charge is -2.08. The van der Waals surface area contributed by atoms with E-state index in [1.165, 1.54) is 7.11 Å². The maximum atomic E-state index is 12.0. The van der Waals surface area contributed by atoms with E-state index in [0.717, 1.165) is 18.4 Å². The second-order valence-electron chi connectivity index (χ2n) is 6.27. The zero-order valence-corrected chi connectivity index (χ0v) is 16.6. The van der Waals surface area contributed by atoms with Crippen molar-refractivity contribution in [1.29, 1.82) is 0 Å². The van der Waals surface area contributed by atoms with Gasteiger partial charge in [-0.15, -0.1) is 0 Å². The van der Waals surface area contributed by atoms with Gasteiger partial charge in [0.1, 0.15) is 5.75 Å². The summed E-state index contributed by atoms with van der Waals surface area (Å²) >= 11 is 0. The number of benzene rings is 2. The molecule has 0 fully saturated rings. The van der Waals surface area contributed by atoms with E-state index in [2.05, 4.69) is 17.0 Å². The Hall–Kier alpha value is -3.35. The molecule has 0 heterocycles. The Morgan fingerprint density at radius 3 is 2.14 bits per heavy atom. The normalized spacial score (nSPS) is 10.1. The van der Waals surface area contributed by atoms with Gasteiger partial charge in [0.15, 0.2) is 6.61 Å². The van der Waals surface area contributed by atoms with Gasteiger partial charge in [-0.05, 0) is 48.4 Å². The molecule has 0 saturated heterocycles. The second kappa shape index (κ2) is 11.5. The monoisotopic (exact) mass is 399 g/mol. The van der Waals surface area contributed by atoms with E-state index in [1.54, 1.807) is 48.5 Å². The van der Waals surface area contributed by atoms with Gasteiger partial charge in [0, 0.05) is 6.54 Å². The third-order valence-corrected chi connectivity index (χ3v) is 4.06. The third kappa shape index (κ3) is 7.29. The molecule has 154 valence electrons. The summed E-state index contributed by atoms with van der Waals surface area (Å²) in [4.78, 5) is 35.3. The van der Waals surface area contributed by atoms with Crippen molar-refractivity contribution in [2.75, 3.05) is 20.3 Å². The average molecular weight is 399 g/mol. The first kappa shape index (κ1) is 21.9. The maximum absolute atomic E-state index is 12.0. The number of hydrogen-bond donors (Lipinski definition) is 1. The molecule has 1 N–H and O–H groups in total. The summed E-state index contributed by atoms with van der Waals surface area (Å²) < 4.78 is 15.2. The van der Waals surface area contributed by atoms with E-state index in [-0.39, 0.29) is 13.2 Å². The molecular weight excluding hydrogens is 374 g/mol. The molecule has 2 aromatic rings. The number of carbonyl (C=O) groups excluding carboxylic acids is 3. The smallest absolute Gasteiger partial charge is 0.338 e. The Balaban J connectivity index is 1.74. The number of nitrogens with one attached hydrogen (secondary N) is 1. The topological polar surface area (TPSA) is 90.9 Å². The van der Waals surface area contributed by atoms with Crippen molar-refractivity contribution in [3.8, 4) is 5.75 Å². The van der Waals surface area contributed by atoms with Crippen molar-refractivity contribution >= 4 is 17.8 Å². The van der Waals surface area contributed by atoms with Crippen LogP contribution in [0.25, 0.3) is 0 Å². The first-order chi connectivity index (χ1) is 14.0. The second-order valence-corrected chi connectivity index (χ2v) is 6.27. The van der Waals surface area contributed by atoms with Crippen molar-refractivity contribution in [3.63, 3.8) is 0 Å². The zero-order valence-electron chi connectivity index (χ0n) is 16.6. The van der Waals surface area contributed by atoms with Crippen LogP contribution in [-0.2, 0) is 20.8 Å². The van der Waals surface area contributed by atoms with Gasteiger partial charge in [-0.3, -0.25) is 4.79 Å². The van der Waals surface area contributed by atoms with E-state index in [1.807, 2.05) is 0 Å². The molecule has 1 amide bonds. The zero-order chi connectivity index (χ0) is 21.1. The van der Waals surface area contributed by atoms with Crippen LogP contribution in [0.3, 0.4) is 0 Å². The first-order valence-electron chi connectivity index (χ1n) is 9.37. The van der Waals surface area contributed by atoms with E-state index in [4.69, 9.17) is 9.47 Å². The Bertz CT molecular complexity index is 814. The fourth-order valence-corrected chi connectivity index (χ4v) is 2.36. The van der Waals surface area contributed by atoms with Crippen LogP contribution in [0.15, 0.2) is 48.5 Å². The summed E-state index contributed by atoms with van der Waals surface area (Å²) in [7, 11) is 1.31. The van der Waals surface area contributed by atoms with E-state index in [9.17, 15) is 14.4 Å². The summed E-state index contributed by atoms with van der Waals surface area (Å²) in [6.07, 6.45) is 2.01. The molecule has 7 nitrogen and oxygen atoms in total. The Morgan fingerprint density at radius 1 is 0.897 bits per heavy atom. The number of rotatable bonds is 10. The summed E-state index contributed by atoms with van der Waals surface area (Å²) in [6, 6.07) is 13.3. The van der Waals surface area contributed by atoms with Gasteiger partial charge in [-0.25, -0.2) is 9.59 Å². The molecule has 0 aliphatic carbocycles. The number of hydrogen-bond acceptors (Lipinski definition) is 6. The molecule has 0 spiro atoms. The van der Waals surface area contributed by atoms with Gasteiger partial charge in [0.25, 0.3) is 5.91 Å². The first-order valence-corrected chi connectivity index (χ1v) is 9.37. The van der Waals surface area contributed by atoms with Crippen molar-refractivity contribution in [2.24, 2.45) is 0 Å². The number of carbonyl (C=O) groups is 3. The van der Waals surface area contributed by atoms with Gasteiger partial charge < -0.3 is 19.5 Å². The van der Waals surface area contributed by atoms with Crippen LogP contribution in [0.2, 0.25) is 0 Å². The number of unbranched alkanes of at least 4 members (excludes halogenated alkanes) is 1. The highest BCUT2D eigenvalue weighted by Crippen LogP contribution is 2.13. The summed E-state index contributed by atoms with van der Waals surface area (Å²) in [5.41, 5.74) is 1.58. The fourth-order valence-electron chi connectivity index (χ4n) is 2.36. The van der Waals surface area contributed by atoms with E-state index >= 15 is 0 Å². The molecule has 2 aromatic carbocycles. The molecular formula is C22H25NO6. The molecule has 0 aromatic heterocycles. The lowest BCUT2D eigenvalue weighted by Crippen LogP contribution is -2.28. The van der Waals surface area contributed by atoms with Gasteiger partial charge in [-0.2, -0.15) is 0 Å². The number of esters is 2. The minimum absolute atomic E-state index is 0.252. The highest BCUT2D eigenvalue weighted by molar-refractivity contribution is 5.91. The minimum Gasteiger partial charge on any atom is -0.494 e. The molecule has 2 rings (SSSR count). The SMILES string of the molecule is CCCCOc1ccc(C(=O)OCC(=O)NCc2ccc(C(=O)OC)cc2)cc1. The summed E-state index contributed by atoms with van der Waals surface area (Å²) in [6.45, 7) is 2.58. The quantitative estimate of drug-likeness (QED) is 0.488. The highest BCUT2D eigenvalue weighted by atomic mass is 16.5. The van der Waals surface area contributed by atoms with Crippen LogP contribution in [0.4, 0.5) is 0 Å². The van der Waals surface area contributed by atoms with Crippen LogP contribution < -0.4 is 10.1 Å². The van der Waals surface area contributed by atoms with E-state index in [0.29, 0.717) is 23.5 Å². The van der Waals surface area contributed by atoms with Crippen LogP contribution in [0.5, 0.6) is 5.75 Å². The molecule has 0 saturated carbocycles. The molecule has 0 atom stereocenters. The Kier molecular flexibility index (Phi) is 8.69. The van der Waals surface area contributed by atoms with Gasteiger partial charge in [-0.1, -0.05) is 25.5 Å². The maximum Gasteiger partial charge on any atom is 0.338 e. The van der Waals surface area contributed by atoms with Gasteiger partial charge >= 0.3 is 11.9 Å². The van der Waals surface area contributed by atoms with Gasteiger partial charge in [0.05, 0.1) is 24.8 Å². The molecule has 0 unspecified atom stereocenters. The standard InChI is InChI=1S/C22H25NO6/c1-3-4-13-28-19-11-9-18(10-12-19)22(26)29-15-20(24)23-14-16-5-7-17(8-6-16)21(25)27-2/h5-12H,3-4,13-15H2,1-2H3,(H,23,24). The molecule has 29 heavy (non-hydrogen) atoms. The summed E-state index contributed by atoms with van der Waals surface area (Å²) in [5, 5.41) is 2.65. The Labute approximate surface area is 170 Å². The van der Waals surface area contributed by atoms with Crippen molar-refractivity contribution in [3.05, 3.63) is 65.2 Å². The average Bonchev–Trinajstić information content (AvgIpc) is 2.76. The third-order valence-electron chi connectivity index (χ3n) is 4.06. The van der Waals surface area contributed by atoms with Crippen molar-refractivity contribution in [1.82, 2.24) is 5.32 Å². The summed E-state index contributed by atoms with van der Waals surface area (Å²) in [5.74, 6) is -0.739. The highest BCUT2D eigenvalue weighted by Gasteiger charge is 2.11. The van der Waals surface area contributed by atoms with E-state index < -0.39 is 17.8 Å². The predicted molar refractivity (Wildman–Crippen MR) is 107 cm³/mol. The van der Waals surface area contributed by atoms with Crippen LogP contribution in [0.1, 0.15) is 46.0 Å². The van der Waals surface area contributed by atoms with Crippen molar-refractivity contribution < 1.29 is 28.6 Å². The Morgan fingerprint density at radius 2 is 1.52 bits per heavy atom. The molecule has 7 heteroatoms. The minimum atomic E-state index is -0.581. The van der Waals surface area contributed by atoms with Crippen LogP contribution in [0, 0.1) is 0 Å². The van der Waals surface area contributed by atoms with Gasteiger partial charge in [0.2, 0.25) is 0 Å². The molecule has 0 aliphatic heterocycles. The van der Waals surface area contributed by atoms with Crippen LogP contribution in [-0.4, -0.2) is 38.2 Å². The van der Waals surface area contributed by atoms with Crippen LogP contribution >= 0.6 is 0 Å². The van der Waals surface area contributed by atoms with Crippen molar-refractivity contribution in [2.45, 2.75) is 26.3 Å². The molecule has 0 radical (unpaired) electrons. The lowest BCUT2D eigenvalue weighted by molar-refractivity contribution is -0.124. The number of amides is 1. The number of methoxy groups -OCH3 is 1. The predicted octanol–water partition coefficient (Wildman–Crippen LogP) is 3.13. The number of ether oxygens (including phenoxy) is 3.